The Morgan fingerprint density at radius 1 is 1.44 bits per heavy atom. The van der Waals surface area contributed by atoms with Crippen molar-refractivity contribution in [3.8, 4) is 6.07 Å². The molecule has 1 saturated heterocycles. The van der Waals surface area contributed by atoms with Gasteiger partial charge in [0, 0.05) is 6.54 Å². The van der Waals surface area contributed by atoms with Crippen molar-refractivity contribution in [2.75, 3.05) is 26.2 Å². The van der Waals surface area contributed by atoms with Gasteiger partial charge in [-0.05, 0) is 51.7 Å². The lowest BCUT2D eigenvalue weighted by molar-refractivity contribution is 0.226. The minimum atomic E-state index is -0.387. The summed E-state index contributed by atoms with van der Waals surface area (Å²) < 4.78 is 0. The number of rotatable bonds is 4. The summed E-state index contributed by atoms with van der Waals surface area (Å²) >= 11 is 0. The minimum absolute atomic E-state index is 0.387. The Balaban J connectivity index is 2.48. The number of hydrogen-bond acceptors (Lipinski definition) is 3. The van der Waals surface area contributed by atoms with Gasteiger partial charge in [0.1, 0.15) is 5.54 Å². The lowest BCUT2D eigenvalue weighted by Crippen LogP contribution is -2.50. The molecule has 1 rings (SSSR count). The molecule has 2 unspecified atom stereocenters. The third-order valence-corrected chi connectivity index (χ3v) is 3.46. The molecule has 0 amide bonds. The number of nitriles is 1. The van der Waals surface area contributed by atoms with Gasteiger partial charge in [-0.3, -0.25) is 5.32 Å². The first kappa shape index (κ1) is 13.5. The van der Waals surface area contributed by atoms with E-state index in [0.29, 0.717) is 0 Å². The van der Waals surface area contributed by atoms with Crippen molar-refractivity contribution in [2.24, 2.45) is 5.92 Å². The lowest BCUT2D eigenvalue weighted by Gasteiger charge is -2.30. The van der Waals surface area contributed by atoms with Crippen LogP contribution in [0.25, 0.3) is 0 Å². The van der Waals surface area contributed by atoms with Gasteiger partial charge in [0.2, 0.25) is 0 Å². The van der Waals surface area contributed by atoms with Crippen molar-refractivity contribution >= 4 is 0 Å². The van der Waals surface area contributed by atoms with Gasteiger partial charge >= 0.3 is 0 Å². The standard InChI is InChI=1S/C13H25N3/c1-4-15-13(3,10-14)11-16-8-5-6-12(2)7-9-16/h12,15H,4-9,11H2,1-3H3. The highest BCUT2D eigenvalue weighted by atomic mass is 15.2. The lowest BCUT2D eigenvalue weighted by atomic mass is 10.0. The van der Waals surface area contributed by atoms with E-state index < -0.39 is 0 Å². The normalized spacial score (nSPS) is 26.8. The highest BCUT2D eigenvalue weighted by Gasteiger charge is 2.26. The molecule has 0 aromatic carbocycles. The van der Waals surface area contributed by atoms with Crippen molar-refractivity contribution < 1.29 is 0 Å². The molecule has 1 heterocycles. The van der Waals surface area contributed by atoms with Crippen molar-refractivity contribution in [2.45, 2.75) is 45.6 Å². The van der Waals surface area contributed by atoms with Crippen LogP contribution in [0.2, 0.25) is 0 Å². The molecule has 2 atom stereocenters. The van der Waals surface area contributed by atoms with Crippen LogP contribution >= 0.6 is 0 Å². The maximum Gasteiger partial charge on any atom is 0.116 e. The molecule has 0 radical (unpaired) electrons. The summed E-state index contributed by atoms with van der Waals surface area (Å²) in [4.78, 5) is 2.44. The van der Waals surface area contributed by atoms with Crippen LogP contribution in [-0.2, 0) is 0 Å². The summed E-state index contributed by atoms with van der Waals surface area (Å²) in [6, 6.07) is 2.41. The van der Waals surface area contributed by atoms with E-state index in [0.717, 1.165) is 32.1 Å². The summed E-state index contributed by atoms with van der Waals surface area (Å²) in [6.45, 7) is 10.4. The molecular weight excluding hydrogens is 198 g/mol. The molecule has 0 saturated carbocycles. The van der Waals surface area contributed by atoms with E-state index >= 15 is 0 Å². The zero-order chi connectivity index (χ0) is 12.0. The number of hydrogen-bond donors (Lipinski definition) is 1. The first-order valence-electron chi connectivity index (χ1n) is 6.48. The molecule has 3 heteroatoms. The quantitative estimate of drug-likeness (QED) is 0.792. The first-order chi connectivity index (χ1) is 7.59. The third kappa shape index (κ3) is 4.11. The topological polar surface area (TPSA) is 39.1 Å². The zero-order valence-electron chi connectivity index (χ0n) is 10.9. The fourth-order valence-electron chi connectivity index (χ4n) is 2.45. The number of likely N-dealkylation sites (N-methyl/N-ethyl adjacent to an activating group) is 1. The number of likely N-dealkylation sites (tertiary alicyclic amines) is 1. The van der Waals surface area contributed by atoms with E-state index in [4.69, 9.17) is 0 Å². The Labute approximate surface area is 99.8 Å². The Morgan fingerprint density at radius 2 is 2.19 bits per heavy atom. The van der Waals surface area contributed by atoms with Crippen molar-refractivity contribution in [1.82, 2.24) is 10.2 Å². The summed E-state index contributed by atoms with van der Waals surface area (Å²) in [5.74, 6) is 0.845. The smallest absolute Gasteiger partial charge is 0.116 e. The molecule has 3 nitrogen and oxygen atoms in total. The zero-order valence-corrected chi connectivity index (χ0v) is 10.9. The van der Waals surface area contributed by atoms with Gasteiger partial charge in [0.25, 0.3) is 0 Å². The van der Waals surface area contributed by atoms with Gasteiger partial charge in [-0.25, -0.2) is 0 Å². The highest BCUT2D eigenvalue weighted by Crippen LogP contribution is 2.18. The van der Waals surface area contributed by atoms with Crippen LogP contribution in [0.1, 0.15) is 40.0 Å². The summed E-state index contributed by atoms with van der Waals surface area (Å²) in [6.07, 6.45) is 3.88. The third-order valence-electron chi connectivity index (χ3n) is 3.46. The maximum absolute atomic E-state index is 9.23. The largest absolute Gasteiger partial charge is 0.300 e. The Morgan fingerprint density at radius 3 is 2.81 bits per heavy atom. The van der Waals surface area contributed by atoms with Crippen LogP contribution in [0.3, 0.4) is 0 Å². The van der Waals surface area contributed by atoms with Crippen LogP contribution < -0.4 is 5.32 Å². The molecule has 92 valence electrons. The van der Waals surface area contributed by atoms with E-state index in [-0.39, 0.29) is 5.54 Å². The molecule has 1 aliphatic rings. The van der Waals surface area contributed by atoms with E-state index in [1.165, 1.54) is 19.3 Å². The van der Waals surface area contributed by atoms with Crippen LogP contribution in [0, 0.1) is 17.2 Å². The number of nitrogens with one attached hydrogen (secondary N) is 1. The van der Waals surface area contributed by atoms with Gasteiger partial charge in [0.05, 0.1) is 6.07 Å². The molecule has 0 aromatic rings. The molecule has 0 bridgehead atoms. The van der Waals surface area contributed by atoms with Crippen LogP contribution in [-0.4, -0.2) is 36.6 Å². The second-order valence-corrected chi connectivity index (χ2v) is 5.29. The Hall–Kier alpha value is -0.590. The molecule has 16 heavy (non-hydrogen) atoms. The fraction of sp³-hybridized carbons (Fsp3) is 0.923. The Bertz CT molecular complexity index is 246. The van der Waals surface area contributed by atoms with Crippen LogP contribution in [0.4, 0.5) is 0 Å². The van der Waals surface area contributed by atoms with E-state index in [9.17, 15) is 5.26 Å². The second kappa shape index (κ2) is 6.22. The summed E-state index contributed by atoms with van der Waals surface area (Å²) in [7, 11) is 0. The van der Waals surface area contributed by atoms with E-state index in [1.807, 2.05) is 6.92 Å². The minimum Gasteiger partial charge on any atom is -0.300 e. The van der Waals surface area contributed by atoms with Gasteiger partial charge in [0.15, 0.2) is 0 Å². The predicted molar refractivity (Wildman–Crippen MR) is 67.1 cm³/mol. The SMILES string of the molecule is CCNC(C)(C#N)CN1CCCC(C)CC1. The van der Waals surface area contributed by atoms with Crippen molar-refractivity contribution in [3.63, 3.8) is 0 Å². The fourth-order valence-corrected chi connectivity index (χ4v) is 2.45. The first-order valence-corrected chi connectivity index (χ1v) is 6.48. The van der Waals surface area contributed by atoms with Gasteiger partial charge in [-0.15, -0.1) is 0 Å². The number of nitrogens with zero attached hydrogens (tertiary/aromatic N) is 2. The monoisotopic (exact) mass is 223 g/mol. The molecule has 1 fully saturated rings. The average Bonchev–Trinajstić information content (AvgIpc) is 2.44. The van der Waals surface area contributed by atoms with Crippen LogP contribution in [0.5, 0.6) is 0 Å². The van der Waals surface area contributed by atoms with Crippen molar-refractivity contribution in [3.05, 3.63) is 0 Å². The molecule has 0 aliphatic carbocycles. The van der Waals surface area contributed by atoms with Gasteiger partial charge in [-0.2, -0.15) is 5.26 Å². The summed E-state index contributed by atoms with van der Waals surface area (Å²) in [5, 5.41) is 12.5. The van der Waals surface area contributed by atoms with Gasteiger partial charge < -0.3 is 4.90 Å². The molecular formula is C13H25N3. The molecule has 0 aromatic heterocycles. The summed E-state index contributed by atoms with van der Waals surface area (Å²) in [5.41, 5.74) is -0.387. The van der Waals surface area contributed by atoms with Crippen molar-refractivity contribution in [1.29, 1.82) is 5.26 Å². The molecule has 0 spiro atoms. The highest BCUT2D eigenvalue weighted by molar-refractivity contribution is 5.05. The molecule has 1 aliphatic heterocycles. The van der Waals surface area contributed by atoms with E-state index in [1.54, 1.807) is 0 Å². The maximum atomic E-state index is 9.23. The predicted octanol–water partition coefficient (Wildman–Crippen LogP) is 2.00. The van der Waals surface area contributed by atoms with Gasteiger partial charge in [-0.1, -0.05) is 13.8 Å². The molecule has 1 N–H and O–H groups in total. The van der Waals surface area contributed by atoms with E-state index in [2.05, 4.69) is 30.1 Å². The Kier molecular flexibility index (Phi) is 5.24. The second-order valence-electron chi connectivity index (χ2n) is 5.29. The van der Waals surface area contributed by atoms with Crippen LogP contribution in [0.15, 0.2) is 0 Å². The average molecular weight is 223 g/mol.